The minimum absolute atomic E-state index is 0.162. The Morgan fingerprint density at radius 1 is 0.929 bits per heavy atom. The first kappa shape index (κ1) is 45.6. The number of nitrogens with one attached hydrogen (secondary N) is 1. The monoisotopic (exact) mass is 797 g/mol. The number of ether oxygens (including phenoxy) is 1. The molecule has 15 heteroatoms. The number of amides is 1. The van der Waals surface area contributed by atoms with Crippen molar-refractivity contribution in [3.8, 4) is 11.1 Å². The van der Waals surface area contributed by atoms with Crippen LogP contribution in [0.5, 0.6) is 0 Å². The number of hydrogen-bond donors (Lipinski definition) is 1. The van der Waals surface area contributed by atoms with Gasteiger partial charge in [0.25, 0.3) is 5.56 Å². The lowest BCUT2D eigenvalue weighted by molar-refractivity contribution is -0.144. The van der Waals surface area contributed by atoms with E-state index in [1.807, 2.05) is 0 Å². The Hall–Kier alpha value is -4.79. The van der Waals surface area contributed by atoms with Gasteiger partial charge in [-0.1, -0.05) is 19.1 Å². The highest BCUT2D eigenvalue weighted by Crippen LogP contribution is 2.41. The van der Waals surface area contributed by atoms with Crippen molar-refractivity contribution < 1.29 is 49.4 Å². The van der Waals surface area contributed by atoms with Gasteiger partial charge in [0.1, 0.15) is 17.7 Å². The van der Waals surface area contributed by atoms with Crippen LogP contribution in [-0.4, -0.2) is 48.1 Å². The Morgan fingerprint density at radius 3 is 2.20 bits per heavy atom. The molecule has 306 valence electrons. The van der Waals surface area contributed by atoms with Crippen LogP contribution in [0.25, 0.3) is 11.1 Å². The number of halogens is 8. The van der Waals surface area contributed by atoms with Crippen molar-refractivity contribution >= 4 is 11.9 Å². The third kappa shape index (κ3) is 11.9. The number of rotatable bonds is 19. The van der Waals surface area contributed by atoms with Crippen LogP contribution in [0.2, 0.25) is 0 Å². The van der Waals surface area contributed by atoms with E-state index in [9.17, 15) is 45.1 Å². The van der Waals surface area contributed by atoms with Gasteiger partial charge in [-0.3, -0.25) is 14.4 Å². The summed E-state index contributed by atoms with van der Waals surface area (Å²) in [7, 11) is 1.68. The van der Waals surface area contributed by atoms with Gasteiger partial charge in [0.15, 0.2) is 0 Å². The highest BCUT2D eigenvalue weighted by molar-refractivity contribution is 5.82. The third-order valence-corrected chi connectivity index (χ3v) is 9.35. The number of unbranched alkanes of at least 4 members (excludes halogenated alkanes) is 2. The number of aryl methyl sites for hydroxylation is 2. The Bertz CT molecular complexity index is 1940. The smallest absolute Gasteiger partial charge is 0.419 e. The number of carbonyl (C=O) groups excluding carboxylic acids is 2. The topological polar surface area (TPSA) is 80.6 Å². The maximum absolute atomic E-state index is 16.2. The summed E-state index contributed by atoms with van der Waals surface area (Å²) in [6, 6.07) is 0.818. The van der Waals surface area contributed by atoms with Crippen molar-refractivity contribution in [2.24, 2.45) is 0 Å². The maximum atomic E-state index is 16.2. The molecule has 2 aromatic carbocycles. The van der Waals surface area contributed by atoms with Crippen LogP contribution in [0, 0.1) is 18.6 Å². The minimum atomic E-state index is -5.27. The van der Waals surface area contributed by atoms with Gasteiger partial charge in [-0.25, -0.2) is 8.78 Å². The van der Waals surface area contributed by atoms with E-state index >= 15 is 4.39 Å². The van der Waals surface area contributed by atoms with Crippen LogP contribution in [-0.2, 0) is 39.5 Å². The molecule has 0 aliphatic rings. The Morgan fingerprint density at radius 2 is 1.61 bits per heavy atom. The zero-order valence-electron chi connectivity index (χ0n) is 31.8. The fraction of sp³-hybridized carbons (Fsp3) is 0.439. The summed E-state index contributed by atoms with van der Waals surface area (Å²) in [5.74, 6) is -4.59. The number of esters is 1. The summed E-state index contributed by atoms with van der Waals surface area (Å²) in [5.41, 5.74) is -4.59. The normalized spacial score (nSPS) is 13.0. The number of nitrogens with zero attached hydrogens (tertiary/aromatic N) is 2. The molecular formula is C41H47F8N3O4. The molecule has 2 atom stereocenters. The second-order valence-corrected chi connectivity index (χ2v) is 13.4. The molecule has 56 heavy (non-hydrogen) atoms. The average Bonchev–Trinajstić information content (AvgIpc) is 3.10. The van der Waals surface area contributed by atoms with Crippen LogP contribution < -0.4 is 10.9 Å². The minimum Gasteiger partial charge on any atom is -0.466 e. The summed E-state index contributed by atoms with van der Waals surface area (Å²) in [5, 5.41) is 2.39. The first-order valence-electron chi connectivity index (χ1n) is 18.2. The molecule has 0 aliphatic carbocycles. The van der Waals surface area contributed by atoms with Gasteiger partial charge in [-0.2, -0.15) is 26.3 Å². The predicted octanol–water partition coefficient (Wildman–Crippen LogP) is 9.46. The number of benzene rings is 2. The third-order valence-electron chi connectivity index (χ3n) is 9.35. The first-order valence-corrected chi connectivity index (χ1v) is 18.2. The van der Waals surface area contributed by atoms with Gasteiger partial charge in [0.2, 0.25) is 5.91 Å². The molecule has 1 aromatic heterocycles. The average molecular weight is 798 g/mol. The van der Waals surface area contributed by atoms with E-state index in [2.05, 4.69) is 18.5 Å². The second kappa shape index (κ2) is 19.9. The number of alkyl halides is 6. The molecule has 0 saturated heterocycles. The molecule has 0 saturated carbocycles. The van der Waals surface area contributed by atoms with Gasteiger partial charge in [-0.05, 0) is 118 Å². The summed E-state index contributed by atoms with van der Waals surface area (Å²) in [6.07, 6.45) is -5.70. The zero-order valence-corrected chi connectivity index (χ0v) is 31.8. The number of carbonyl (C=O) groups is 2. The van der Waals surface area contributed by atoms with Crippen molar-refractivity contribution in [2.75, 3.05) is 26.7 Å². The number of likely N-dealkylation sites (N-methyl/N-ethyl adjacent to an activating group) is 1. The Labute approximate surface area is 321 Å². The number of pyridine rings is 1. The lowest BCUT2D eigenvalue weighted by atomic mass is 9.88. The van der Waals surface area contributed by atoms with Crippen LogP contribution in [0.1, 0.15) is 91.4 Å². The summed E-state index contributed by atoms with van der Waals surface area (Å²) < 4.78 is 122. The fourth-order valence-corrected chi connectivity index (χ4v) is 6.44. The molecule has 7 nitrogen and oxygen atoms in total. The number of allylic oxidation sites excluding steroid dienone is 2. The molecule has 1 N–H and O–H groups in total. The fourth-order valence-electron chi connectivity index (χ4n) is 6.44. The molecule has 1 amide bonds. The summed E-state index contributed by atoms with van der Waals surface area (Å²) in [4.78, 5) is 41.9. The second-order valence-electron chi connectivity index (χ2n) is 13.4. The van der Waals surface area contributed by atoms with Gasteiger partial charge in [0, 0.05) is 24.4 Å². The van der Waals surface area contributed by atoms with Crippen LogP contribution in [0.4, 0.5) is 35.1 Å². The molecular weight excluding hydrogens is 750 g/mol. The lowest BCUT2D eigenvalue weighted by Crippen LogP contribution is -2.40. The number of aromatic nitrogens is 1. The predicted molar refractivity (Wildman–Crippen MR) is 198 cm³/mol. The van der Waals surface area contributed by atoms with E-state index in [0.29, 0.717) is 43.5 Å². The van der Waals surface area contributed by atoms with Gasteiger partial charge in [-0.15, -0.1) is 13.2 Å². The standard InChI is InChI=1S/C41H47F8N3O4/c1-7-11-12-13-15-26-19-29(42)18-25(5)37(26)28-20-30(38(43)32(21-28)41(47,48)49)33(23-36(54)56-10-4)50-39(55)34(14-8-2)52-24-27(16-17-51(6)9-3)31(22-35(52)53)40(44,45)46/h7-8,18-22,24,33-34H,1-2,9-17,23H2,3-6H3,(H,50,55)/t33-,34-/m0/s1. The summed E-state index contributed by atoms with van der Waals surface area (Å²) >= 11 is 0. The molecule has 0 unspecified atom stereocenters. The number of hydrogen-bond acceptors (Lipinski definition) is 5. The van der Waals surface area contributed by atoms with Gasteiger partial charge >= 0.3 is 18.3 Å². The van der Waals surface area contributed by atoms with Crippen molar-refractivity contribution in [2.45, 2.75) is 90.2 Å². The van der Waals surface area contributed by atoms with Crippen molar-refractivity contribution in [1.29, 1.82) is 0 Å². The largest absolute Gasteiger partial charge is 0.466 e. The van der Waals surface area contributed by atoms with Gasteiger partial charge in [0.05, 0.1) is 30.2 Å². The molecule has 0 aliphatic heterocycles. The lowest BCUT2D eigenvalue weighted by Gasteiger charge is -2.26. The molecule has 0 spiro atoms. The quantitative estimate of drug-likeness (QED) is 0.0566. The van der Waals surface area contributed by atoms with Crippen LogP contribution >= 0.6 is 0 Å². The highest BCUT2D eigenvalue weighted by Gasteiger charge is 2.39. The molecule has 0 fully saturated rings. The van der Waals surface area contributed by atoms with Gasteiger partial charge < -0.3 is 19.5 Å². The molecule has 3 aromatic rings. The summed E-state index contributed by atoms with van der Waals surface area (Å²) in [6.45, 7) is 12.5. The van der Waals surface area contributed by atoms with E-state index in [1.165, 1.54) is 26.0 Å². The molecule has 0 radical (unpaired) electrons. The van der Waals surface area contributed by atoms with E-state index in [4.69, 9.17) is 4.74 Å². The van der Waals surface area contributed by atoms with E-state index in [-0.39, 0.29) is 54.7 Å². The van der Waals surface area contributed by atoms with Crippen molar-refractivity contribution in [3.05, 3.63) is 117 Å². The Balaban J connectivity index is 2.27. The van der Waals surface area contributed by atoms with Crippen LogP contribution in [0.3, 0.4) is 0 Å². The van der Waals surface area contributed by atoms with Crippen molar-refractivity contribution in [1.82, 2.24) is 14.8 Å². The van der Waals surface area contributed by atoms with E-state index < -0.39 is 76.6 Å². The molecule has 3 rings (SSSR count). The maximum Gasteiger partial charge on any atom is 0.419 e. The Kier molecular flexibility index (Phi) is 16.2. The molecule has 0 bridgehead atoms. The first-order chi connectivity index (χ1) is 26.3. The SMILES string of the molecule is C=CCCCCc1cc(F)cc(C)c1-c1cc([C@H](CC(=O)OCC)NC(=O)[C@H](CC=C)n2cc(CCN(C)CC)c(C(F)(F)F)cc2=O)c(F)c(C(F)(F)F)c1. The molecule has 1 heterocycles. The highest BCUT2D eigenvalue weighted by atomic mass is 19.4. The van der Waals surface area contributed by atoms with E-state index in [0.717, 1.165) is 22.9 Å². The van der Waals surface area contributed by atoms with Crippen LogP contribution in [0.15, 0.2) is 66.6 Å². The van der Waals surface area contributed by atoms with E-state index in [1.54, 1.807) is 24.9 Å². The zero-order chi connectivity index (χ0) is 42.0. The van der Waals surface area contributed by atoms with Crippen molar-refractivity contribution in [3.63, 3.8) is 0 Å².